The van der Waals surface area contributed by atoms with Gasteiger partial charge in [0.1, 0.15) is 5.69 Å². The van der Waals surface area contributed by atoms with Gasteiger partial charge in [0, 0.05) is 29.2 Å². The molecular formula is C16H14F2N4O2S. The normalized spacial score (nSPS) is 11.8. The Balaban J connectivity index is 2.14. The first-order valence-corrected chi connectivity index (χ1v) is 8.80. The van der Waals surface area contributed by atoms with Crippen molar-refractivity contribution >= 4 is 10.0 Å². The number of sulfonamides is 1. The lowest BCUT2D eigenvalue weighted by atomic mass is 9.98. The monoisotopic (exact) mass is 364 g/mol. The zero-order valence-corrected chi connectivity index (χ0v) is 13.7. The van der Waals surface area contributed by atoms with Gasteiger partial charge >= 0.3 is 0 Å². The summed E-state index contributed by atoms with van der Waals surface area (Å²) >= 11 is 0. The van der Waals surface area contributed by atoms with Crippen LogP contribution in [0.5, 0.6) is 0 Å². The highest BCUT2D eigenvalue weighted by Gasteiger charge is 2.20. The van der Waals surface area contributed by atoms with Gasteiger partial charge in [-0.15, -0.1) is 0 Å². The third kappa shape index (κ3) is 3.72. The van der Waals surface area contributed by atoms with Gasteiger partial charge in [0.2, 0.25) is 16.4 Å². The molecule has 3 rings (SSSR count). The molecule has 0 aliphatic heterocycles. The van der Waals surface area contributed by atoms with Gasteiger partial charge in [-0.3, -0.25) is 10.1 Å². The molecule has 1 aromatic carbocycles. The SMILES string of the molecule is NS(=O)(=O)c1ccc(-c2c(-c3ccncc3)n[nH]c2CC(F)F)cc1. The van der Waals surface area contributed by atoms with E-state index in [9.17, 15) is 17.2 Å². The maximum Gasteiger partial charge on any atom is 0.244 e. The molecule has 0 saturated carbocycles. The van der Waals surface area contributed by atoms with Crippen molar-refractivity contribution in [3.05, 3.63) is 54.5 Å². The molecule has 130 valence electrons. The summed E-state index contributed by atoms with van der Waals surface area (Å²) in [6.45, 7) is 0. The molecule has 2 aromatic heterocycles. The highest BCUT2D eigenvalue weighted by molar-refractivity contribution is 7.89. The summed E-state index contributed by atoms with van der Waals surface area (Å²) < 4.78 is 48.6. The summed E-state index contributed by atoms with van der Waals surface area (Å²) in [5.74, 6) is 0. The number of nitrogens with two attached hydrogens (primary N) is 1. The number of aromatic nitrogens is 3. The van der Waals surface area contributed by atoms with Gasteiger partial charge in [-0.05, 0) is 29.8 Å². The van der Waals surface area contributed by atoms with Crippen LogP contribution in [0.15, 0.2) is 53.7 Å². The summed E-state index contributed by atoms with van der Waals surface area (Å²) in [5.41, 5.74) is 2.51. The van der Waals surface area contributed by atoms with Crippen LogP contribution < -0.4 is 5.14 Å². The van der Waals surface area contributed by atoms with Crippen molar-refractivity contribution in [1.82, 2.24) is 15.2 Å². The van der Waals surface area contributed by atoms with Gasteiger partial charge in [0.25, 0.3) is 0 Å². The second-order valence-electron chi connectivity index (χ2n) is 5.33. The molecule has 0 saturated heterocycles. The highest BCUT2D eigenvalue weighted by atomic mass is 32.2. The van der Waals surface area contributed by atoms with E-state index >= 15 is 0 Å². The number of nitrogens with zero attached hydrogens (tertiary/aromatic N) is 2. The standard InChI is InChI=1S/C16H14F2N4O2S/c17-14(18)9-13-15(10-1-3-12(4-2-10)25(19,23)24)16(22-21-13)11-5-7-20-8-6-11/h1-8,14H,9H2,(H,21,22)(H2,19,23,24). The fourth-order valence-electron chi connectivity index (χ4n) is 2.52. The number of hydrogen-bond donors (Lipinski definition) is 2. The molecule has 0 radical (unpaired) electrons. The molecular weight excluding hydrogens is 350 g/mol. The van der Waals surface area contributed by atoms with Crippen LogP contribution in [0, 0.1) is 0 Å². The Morgan fingerprint density at radius 2 is 1.68 bits per heavy atom. The average molecular weight is 364 g/mol. The second-order valence-corrected chi connectivity index (χ2v) is 6.89. The summed E-state index contributed by atoms with van der Waals surface area (Å²) in [4.78, 5) is 3.87. The van der Waals surface area contributed by atoms with Gasteiger partial charge in [-0.2, -0.15) is 5.10 Å². The molecule has 9 heteroatoms. The Kier molecular flexibility index (Phi) is 4.60. The lowest BCUT2D eigenvalue weighted by molar-refractivity contribution is 0.148. The summed E-state index contributed by atoms with van der Waals surface area (Å²) in [7, 11) is -3.83. The molecule has 0 unspecified atom stereocenters. The van der Waals surface area contributed by atoms with E-state index in [0.717, 1.165) is 0 Å². The van der Waals surface area contributed by atoms with E-state index < -0.39 is 22.9 Å². The molecule has 0 atom stereocenters. The molecule has 6 nitrogen and oxygen atoms in total. The van der Waals surface area contributed by atoms with E-state index in [2.05, 4.69) is 15.2 Å². The van der Waals surface area contributed by atoms with Crippen molar-refractivity contribution in [3.8, 4) is 22.4 Å². The van der Waals surface area contributed by atoms with Crippen molar-refractivity contribution in [1.29, 1.82) is 0 Å². The molecule has 0 aliphatic rings. The van der Waals surface area contributed by atoms with Crippen LogP contribution in [-0.4, -0.2) is 30.0 Å². The zero-order chi connectivity index (χ0) is 18.0. The van der Waals surface area contributed by atoms with Crippen LogP contribution in [0.2, 0.25) is 0 Å². The first-order valence-electron chi connectivity index (χ1n) is 7.25. The Bertz CT molecular complexity index is 971. The molecule has 2 heterocycles. The van der Waals surface area contributed by atoms with Crippen molar-refractivity contribution in [3.63, 3.8) is 0 Å². The van der Waals surface area contributed by atoms with Crippen molar-refractivity contribution < 1.29 is 17.2 Å². The summed E-state index contributed by atoms with van der Waals surface area (Å²) in [5, 5.41) is 11.9. The number of primary sulfonamides is 1. The van der Waals surface area contributed by atoms with Crippen LogP contribution in [0.25, 0.3) is 22.4 Å². The third-order valence-electron chi connectivity index (χ3n) is 3.62. The molecule has 0 bridgehead atoms. The minimum absolute atomic E-state index is 0.0550. The maximum absolute atomic E-state index is 12.9. The number of benzene rings is 1. The number of rotatable bonds is 5. The largest absolute Gasteiger partial charge is 0.281 e. The number of nitrogens with one attached hydrogen (secondary N) is 1. The number of aromatic amines is 1. The van der Waals surface area contributed by atoms with Crippen LogP contribution in [0.1, 0.15) is 5.69 Å². The molecule has 0 aliphatic carbocycles. The Labute approximate surface area is 142 Å². The number of halogens is 2. The summed E-state index contributed by atoms with van der Waals surface area (Å²) in [6, 6.07) is 9.13. The van der Waals surface area contributed by atoms with E-state index in [1.807, 2.05) is 0 Å². The van der Waals surface area contributed by atoms with Crippen LogP contribution in [0.3, 0.4) is 0 Å². The second kappa shape index (κ2) is 6.69. The minimum atomic E-state index is -3.83. The van der Waals surface area contributed by atoms with Gasteiger partial charge in [0.15, 0.2) is 0 Å². The fraction of sp³-hybridized carbons (Fsp3) is 0.125. The van der Waals surface area contributed by atoms with Crippen LogP contribution in [0.4, 0.5) is 8.78 Å². The van der Waals surface area contributed by atoms with Gasteiger partial charge < -0.3 is 0 Å². The molecule has 0 spiro atoms. The van der Waals surface area contributed by atoms with E-state index in [0.29, 0.717) is 22.4 Å². The Morgan fingerprint density at radius 3 is 2.24 bits per heavy atom. The number of alkyl halides is 2. The van der Waals surface area contributed by atoms with Crippen LogP contribution >= 0.6 is 0 Å². The van der Waals surface area contributed by atoms with Crippen molar-refractivity contribution in [2.24, 2.45) is 5.14 Å². The number of pyridine rings is 1. The predicted molar refractivity (Wildman–Crippen MR) is 88.3 cm³/mol. The average Bonchev–Trinajstić information content (AvgIpc) is 2.98. The zero-order valence-electron chi connectivity index (χ0n) is 12.9. The fourth-order valence-corrected chi connectivity index (χ4v) is 3.04. The molecule has 3 aromatic rings. The first-order chi connectivity index (χ1) is 11.9. The molecule has 3 N–H and O–H groups in total. The Hall–Kier alpha value is -2.65. The molecule has 25 heavy (non-hydrogen) atoms. The molecule has 0 fully saturated rings. The van der Waals surface area contributed by atoms with Gasteiger partial charge in [-0.1, -0.05) is 12.1 Å². The minimum Gasteiger partial charge on any atom is -0.281 e. The quantitative estimate of drug-likeness (QED) is 0.726. The highest BCUT2D eigenvalue weighted by Crippen LogP contribution is 2.34. The van der Waals surface area contributed by atoms with Gasteiger partial charge in [0.05, 0.1) is 11.3 Å². The molecule has 0 amide bonds. The smallest absolute Gasteiger partial charge is 0.244 e. The lowest BCUT2D eigenvalue weighted by Gasteiger charge is -2.07. The summed E-state index contributed by atoms with van der Waals surface area (Å²) in [6.07, 6.45) is 0.105. The Morgan fingerprint density at radius 1 is 1.04 bits per heavy atom. The van der Waals surface area contributed by atoms with E-state index in [4.69, 9.17) is 5.14 Å². The van der Waals surface area contributed by atoms with Gasteiger partial charge in [-0.25, -0.2) is 22.3 Å². The van der Waals surface area contributed by atoms with Crippen molar-refractivity contribution in [2.75, 3.05) is 0 Å². The third-order valence-corrected chi connectivity index (χ3v) is 4.55. The van der Waals surface area contributed by atoms with E-state index in [1.54, 1.807) is 24.5 Å². The van der Waals surface area contributed by atoms with E-state index in [-0.39, 0.29) is 10.6 Å². The number of H-pyrrole nitrogens is 1. The maximum atomic E-state index is 12.9. The lowest BCUT2D eigenvalue weighted by Crippen LogP contribution is -2.11. The predicted octanol–water partition coefficient (Wildman–Crippen LogP) is 2.59. The van der Waals surface area contributed by atoms with E-state index in [1.165, 1.54) is 24.3 Å². The topological polar surface area (TPSA) is 102 Å². The van der Waals surface area contributed by atoms with Crippen LogP contribution in [-0.2, 0) is 16.4 Å². The van der Waals surface area contributed by atoms with Crippen molar-refractivity contribution in [2.45, 2.75) is 17.7 Å². The first kappa shape index (κ1) is 17.2. The number of hydrogen-bond acceptors (Lipinski definition) is 4.